The van der Waals surface area contributed by atoms with Crippen LogP contribution in [-0.4, -0.2) is 50.2 Å². The van der Waals surface area contributed by atoms with Crippen molar-refractivity contribution in [3.8, 4) is 0 Å². The molecule has 3 aromatic rings. The predicted octanol–water partition coefficient (Wildman–Crippen LogP) is 1.99. The fraction of sp³-hybridized carbons (Fsp3) is 0.438. The fourth-order valence-electron chi connectivity index (χ4n) is 3.44. The van der Waals surface area contributed by atoms with Gasteiger partial charge in [0.15, 0.2) is 5.65 Å². The van der Waals surface area contributed by atoms with Gasteiger partial charge in [0.2, 0.25) is 10.0 Å². The number of pyridine rings is 1. The van der Waals surface area contributed by atoms with Crippen LogP contribution in [0.3, 0.4) is 0 Å². The summed E-state index contributed by atoms with van der Waals surface area (Å²) in [4.78, 5) is 3.89. The molecule has 1 aliphatic rings. The molecule has 0 aliphatic carbocycles. The van der Waals surface area contributed by atoms with Crippen molar-refractivity contribution in [3.05, 3.63) is 41.1 Å². The number of fused-ring (bicyclic) bond motifs is 1. The molecule has 0 bridgehead atoms. The minimum Gasteiger partial charge on any atom is -0.256 e. The van der Waals surface area contributed by atoms with E-state index in [0.717, 1.165) is 23.0 Å². The number of aryl methyl sites for hydroxylation is 2. The molecule has 0 saturated carbocycles. The molecule has 3 aromatic heterocycles. The second kappa shape index (κ2) is 6.33. The molecular weight excluding hydrogens is 376 g/mol. The highest BCUT2D eigenvalue weighted by Gasteiger charge is 2.33. The van der Waals surface area contributed by atoms with Crippen molar-refractivity contribution in [2.24, 2.45) is 6.98 Å². The summed E-state index contributed by atoms with van der Waals surface area (Å²) in [5.41, 5.74) is 2.98. The third-order valence-corrected chi connectivity index (χ3v) is 7.23. The lowest BCUT2D eigenvalue weighted by Crippen LogP contribution is -2.38. The highest BCUT2D eigenvalue weighted by atomic mass is 35.5. The highest BCUT2D eigenvalue weighted by Crippen LogP contribution is 2.33. The summed E-state index contributed by atoms with van der Waals surface area (Å²) >= 11 is 6.02. The van der Waals surface area contributed by atoms with Crippen molar-refractivity contribution < 1.29 is 12.5 Å². The molecule has 0 radical (unpaired) electrons. The Morgan fingerprint density at radius 2 is 2.08 bits per heavy atom. The van der Waals surface area contributed by atoms with Crippen LogP contribution < -0.4 is 0 Å². The Labute approximate surface area is 160 Å². The van der Waals surface area contributed by atoms with Crippen molar-refractivity contribution in [2.45, 2.75) is 30.6 Å². The first-order chi connectivity index (χ1) is 13.6. The van der Waals surface area contributed by atoms with E-state index in [-0.39, 0.29) is 10.8 Å². The molecule has 0 spiro atoms. The third kappa shape index (κ3) is 2.80. The number of nitrogens with zero attached hydrogens (tertiary/aromatic N) is 6. The maximum absolute atomic E-state index is 13.0. The quantitative estimate of drug-likeness (QED) is 0.674. The summed E-state index contributed by atoms with van der Waals surface area (Å²) in [6.07, 6.45) is 5.70. The zero-order valence-electron chi connectivity index (χ0n) is 17.0. The predicted molar refractivity (Wildman–Crippen MR) is 96.7 cm³/mol. The Balaban J connectivity index is 1.54. The molecule has 0 N–H and O–H groups in total. The third-order valence-electron chi connectivity index (χ3n) is 4.85. The lowest BCUT2D eigenvalue weighted by atomic mass is 9.89. The second-order valence-corrected chi connectivity index (χ2v) is 8.63. The number of hydrogen-bond acceptors (Lipinski definition) is 5. The van der Waals surface area contributed by atoms with Gasteiger partial charge >= 0.3 is 0 Å². The number of hydrogen-bond donors (Lipinski definition) is 0. The first-order valence-electron chi connectivity index (χ1n) is 9.63. The van der Waals surface area contributed by atoms with E-state index >= 15 is 0 Å². The molecule has 1 aliphatic heterocycles. The average Bonchev–Trinajstić information content (AvgIpc) is 3.26. The maximum atomic E-state index is 13.0. The van der Waals surface area contributed by atoms with Gasteiger partial charge in [-0.05, 0) is 42.9 Å². The van der Waals surface area contributed by atoms with E-state index < -0.39 is 22.2 Å². The van der Waals surface area contributed by atoms with Crippen LogP contribution in [-0.2, 0) is 17.0 Å². The first kappa shape index (κ1) is 14.1. The lowest BCUT2D eigenvalue weighted by molar-refractivity contribution is 0.318. The van der Waals surface area contributed by atoms with Gasteiger partial charge in [0.25, 0.3) is 0 Å². The van der Waals surface area contributed by atoms with Gasteiger partial charge < -0.3 is 0 Å². The molecule has 0 unspecified atom stereocenters. The fourth-order valence-corrected chi connectivity index (χ4v) is 5.27. The van der Waals surface area contributed by atoms with Crippen LogP contribution in [0.15, 0.2) is 29.7 Å². The van der Waals surface area contributed by atoms with Gasteiger partial charge in [-0.2, -0.15) is 14.5 Å². The molecule has 0 amide bonds. The lowest BCUT2D eigenvalue weighted by Gasteiger charge is -2.31. The van der Waals surface area contributed by atoms with E-state index in [0.29, 0.717) is 30.6 Å². The summed E-state index contributed by atoms with van der Waals surface area (Å²) < 4.78 is 51.7. The molecule has 4 rings (SSSR count). The van der Waals surface area contributed by atoms with Crippen LogP contribution in [0.5, 0.6) is 0 Å². The van der Waals surface area contributed by atoms with Gasteiger partial charge in [-0.25, -0.2) is 17.9 Å². The Morgan fingerprint density at radius 3 is 2.77 bits per heavy atom. The van der Waals surface area contributed by atoms with Crippen LogP contribution in [0.4, 0.5) is 0 Å². The van der Waals surface area contributed by atoms with Crippen molar-refractivity contribution in [1.82, 2.24) is 28.7 Å². The average molecular weight is 398 g/mol. The van der Waals surface area contributed by atoms with E-state index in [1.807, 2.05) is 19.2 Å². The highest BCUT2D eigenvalue weighted by molar-refractivity contribution is 7.89. The molecule has 4 heterocycles. The SMILES string of the molecule is [2H]C([2H])([2H])n1ncc(S(=O)(=O)N2CCC(c3cn4ncnc4cc3C)CC2)c1Cl. The van der Waals surface area contributed by atoms with Gasteiger partial charge in [0.1, 0.15) is 16.4 Å². The van der Waals surface area contributed by atoms with Crippen molar-refractivity contribution in [3.63, 3.8) is 0 Å². The number of piperidine rings is 1. The Hall–Kier alpha value is -1.97. The van der Waals surface area contributed by atoms with Crippen molar-refractivity contribution in [1.29, 1.82) is 0 Å². The van der Waals surface area contributed by atoms with Gasteiger partial charge in [0.05, 0.1) is 6.20 Å². The molecule has 138 valence electrons. The van der Waals surface area contributed by atoms with E-state index in [1.165, 1.54) is 10.6 Å². The van der Waals surface area contributed by atoms with Crippen LogP contribution in [0.25, 0.3) is 5.65 Å². The summed E-state index contributed by atoms with van der Waals surface area (Å²) in [7, 11) is -3.93. The van der Waals surface area contributed by atoms with Crippen LogP contribution in [0.2, 0.25) is 5.15 Å². The molecule has 1 fully saturated rings. The number of rotatable bonds is 3. The van der Waals surface area contributed by atoms with Gasteiger partial charge in [-0.3, -0.25) is 4.68 Å². The minimum absolute atomic E-state index is 0.190. The zero-order valence-corrected chi connectivity index (χ0v) is 15.6. The smallest absolute Gasteiger partial charge is 0.247 e. The zero-order chi connectivity index (χ0) is 21.0. The molecule has 0 atom stereocenters. The van der Waals surface area contributed by atoms with Crippen molar-refractivity contribution >= 4 is 27.3 Å². The number of sulfonamides is 1. The summed E-state index contributed by atoms with van der Waals surface area (Å²) in [5, 5.41) is 7.41. The summed E-state index contributed by atoms with van der Waals surface area (Å²) in [5.74, 6) is 0.190. The minimum atomic E-state index is -3.93. The Bertz CT molecular complexity index is 1170. The summed E-state index contributed by atoms with van der Waals surface area (Å²) in [6, 6.07) is 1.97. The topological polar surface area (TPSA) is 85.4 Å². The first-order valence-corrected chi connectivity index (χ1v) is 9.95. The molecule has 1 saturated heterocycles. The van der Waals surface area contributed by atoms with Gasteiger partial charge in [0, 0.05) is 30.4 Å². The molecule has 10 heteroatoms. The van der Waals surface area contributed by atoms with Crippen LogP contribution >= 0.6 is 11.6 Å². The number of halogens is 1. The van der Waals surface area contributed by atoms with Gasteiger partial charge in [-0.15, -0.1) is 0 Å². The van der Waals surface area contributed by atoms with E-state index in [9.17, 15) is 8.42 Å². The molecular formula is C16H19ClN6O2S. The Morgan fingerprint density at radius 1 is 1.31 bits per heavy atom. The van der Waals surface area contributed by atoms with E-state index in [1.54, 1.807) is 4.52 Å². The molecule has 8 nitrogen and oxygen atoms in total. The second-order valence-electron chi connectivity index (χ2n) is 6.36. The molecule has 0 aromatic carbocycles. The van der Waals surface area contributed by atoms with Crippen LogP contribution in [0, 0.1) is 6.92 Å². The Kier molecular flexibility index (Phi) is 3.44. The van der Waals surface area contributed by atoms with Crippen LogP contribution in [0.1, 0.15) is 34.0 Å². The standard InChI is InChI=1S/C16H19ClN6O2S/c1-11-7-15-18-10-20-23(15)9-13(11)12-3-5-22(6-4-12)26(24,25)14-8-19-21(2)16(14)17/h7-10,12H,3-6H2,1-2H3/i2D3. The van der Waals surface area contributed by atoms with E-state index in [4.69, 9.17) is 15.7 Å². The maximum Gasteiger partial charge on any atom is 0.247 e. The number of aromatic nitrogens is 5. The van der Waals surface area contributed by atoms with Crippen molar-refractivity contribution in [2.75, 3.05) is 13.1 Å². The largest absolute Gasteiger partial charge is 0.256 e. The normalized spacial score (nSPS) is 19.4. The monoisotopic (exact) mass is 397 g/mol. The molecule has 26 heavy (non-hydrogen) atoms. The summed E-state index contributed by atoms with van der Waals surface area (Å²) in [6.45, 7) is -0.0281. The van der Waals surface area contributed by atoms with E-state index in [2.05, 4.69) is 15.2 Å². The van der Waals surface area contributed by atoms with Gasteiger partial charge in [-0.1, -0.05) is 11.6 Å².